The highest BCUT2D eigenvalue weighted by Crippen LogP contribution is 2.31. The zero-order valence-electron chi connectivity index (χ0n) is 8.42. The number of phenolic OH excluding ortho intramolecular Hbond substituents is 1. The van der Waals surface area contributed by atoms with Crippen LogP contribution in [0.5, 0.6) is 5.75 Å². The molecular formula is C10H12F3NO. The van der Waals surface area contributed by atoms with Crippen LogP contribution in [-0.2, 0) is 0 Å². The maximum absolute atomic E-state index is 12.6. The minimum atomic E-state index is -4.41. The van der Waals surface area contributed by atoms with Crippen molar-refractivity contribution in [2.75, 3.05) is 4.90 Å². The van der Waals surface area contributed by atoms with Crippen LogP contribution in [0.4, 0.5) is 18.9 Å². The summed E-state index contributed by atoms with van der Waals surface area (Å²) in [6, 6.07) is 4.26. The van der Waals surface area contributed by atoms with Gasteiger partial charge >= 0.3 is 6.30 Å². The third-order valence-electron chi connectivity index (χ3n) is 1.92. The number of hydrogen-bond donors (Lipinski definition) is 1. The van der Waals surface area contributed by atoms with Crippen molar-refractivity contribution in [3.05, 3.63) is 24.3 Å². The summed E-state index contributed by atoms with van der Waals surface area (Å²) in [5.41, 5.74) is 0.0234. The summed E-state index contributed by atoms with van der Waals surface area (Å²) in [4.78, 5) is 0.340. The number of hydrogen-bond acceptors (Lipinski definition) is 2. The number of aromatic hydroxyl groups is 1. The van der Waals surface area contributed by atoms with E-state index in [0.29, 0.717) is 4.90 Å². The summed E-state index contributed by atoms with van der Waals surface area (Å²) in [6.45, 7) is 2.92. The summed E-state index contributed by atoms with van der Waals surface area (Å²) in [6.07, 6.45) is -4.41. The number of alkyl halides is 3. The minimum Gasteiger partial charge on any atom is -0.508 e. The van der Waals surface area contributed by atoms with Crippen LogP contribution < -0.4 is 4.90 Å². The SMILES string of the molecule is CC(C)N(c1ccc(O)cc1)C(F)(F)F. The number of rotatable bonds is 2. The predicted molar refractivity (Wildman–Crippen MR) is 51.8 cm³/mol. The Morgan fingerprint density at radius 3 is 1.93 bits per heavy atom. The molecular weight excluding hydrogens is 207 g/mol. The van der Waals surface area contributed by atoms with Gasteiger partial charge in [-0.2, -0.15) is 13.2 Å². The van der Waals surface area contributed by atoms with E-state index in [-0.39, 0.29) is 11.4 Å². The third kappa shape index (κ3) is 2.78. The van der Waals surface area contributed by atoms with Crippen LogP contribution >= 0.6 is 0 Å². The molecule has 0 aliphatic heterocycles. The molecule has 84 valence electrons. The van der Waals surface area contributed by atoms with Crippen LogP contribution in [0.3, 0.4) is 0 Å². The van der Waals surface area contributed by atoms with Gasteiger partial charge in [0.05, 0.1) is 0 Å². The van der Waals surface area contributed by atoms with Crippen molar-refractivity contribution < 1.29 is 18.3 Å². The van der Waals surface area contributed by atoms with Crippen LogP contribution in [0, 0.1) is 0 Å². The Kier molecular flexibility index (Phi) is 3.12. The monoisotopic (exact) mass is 219 g/mol. The predicted octanol–water partition coefficient (Wildman–Crippen LogP) is 3.13. The second-order valence-electron chi connectivity index (χ2n) is 3.45. The molecule has 15 heavy (non-hydrogen) atoms. The van der Waals surface area contributed by atoms with E-state index in [1.54, 1.807) is 0 Å². The molecule has 5 heteroatoms. The molecule has 0 bridgehead atoms. The number of anilines is 1. The van der Waals surface area contributed by atoms with E-state index in [1.165, 1.54) is 38.1 Å². The maximum atomic E-state index is 12.6. The van der Waals surface area contributed by atoms with Crippen LogP contribution in [0.15, 0.2) is 24.3 Å². The average Bonchev–Trinajstić information content (AvgIpc) is 2.05. The normalized spacial score (nSPS) is 11.9. The summed E-state index contributed by atoms with van der Waals surface area (Å²) in [5.74, 6) is -0.0513. The molecule has 0 heterocycles. The van der Waals surface area contributed by atoms with Gasteiger partial charge in [-0.1, -0.05) is 0 Å². The van der Waals surface area contributed by atoms with Crippen LogP contribution in [0.1, 0.15) is 13.8 Å². The molecule has 0 atom stereocenters. The first-order valence-corrected chi connectivity index (χ1v) is 4.47. The highest BCUT2D eigenvalue weighted by Gasteiger charge is 2.39. The first-order chi connectivity index (χ1) is 6.82. The molecule has 0 radical (unpaired) electrons. The maximum Gasteiger partial charge on any atom is 0.485 e. The van der Waals surface area contributed by atoms with Gasteiger partial charge in [0.1, 0.15) is 5.75 Å². The van der Waals surface area contributed by atoms with Crippen LogP contribution in [0.25, 0.3) is 0 Å². The molecule has 0 saturated carbocycles. The fourth-order valence-corrected chi connectivity index (χ4v) is 1.35. The van der Waals surface area contributed by atoms with Gasteiger partial charge in [0, 0.05) is 11.7 Å². The number of halogens is 3. The highest BCUT2D eigenvalue weighted by molar-refractivity contribution is 5.50. The molecule has 1 N–H and O–H groups in total. The van der Waals surface area contributed by atoms with Crippen molar-refractivity contribution in [1.82, 2.24) is 0 Å². The molecule has 2 nitrogen and oxygen atoms in total. The van der Waals surface area contributed by atoms with Crippen LogP contribution in [0.2, 0.25) is 0 Å². The second-order valence-corrected chi connectivity index (χ2v) is 3.45. The van der Waals surface area contributed by atoms with Crippen molar-refractivity contribution in [3.63, 3.8) is 0 Å². The largest absolute Gasteiger partial charge is 0.508 e. The zero-order valence-corrected chi connectivity index (χ0v) is 8.42. The summed E-state index contributed by atoms with van der Waals surface area (Å²) < 4.78 is 37.9. The van der Waals surface area contributed by atoms with Crippen molar-refractivity contribution in [2.45, 2.75) is 26.2 Å². The Morgan fingerprint density at radius 1 is 1.13 bits per heavy atom. The lowest BCUT2D eigenvalue weighted by Crippen LogP contribution is -2.43. The molecule has 0 fully saturated rings. The highest BCUT2D eigenvalue weighted by atomic mass is 19.4. The van der Waals surface area contributed by atoms with Gasteiger partial charge in [0.15, 0.2) is 0 Å². The average molecular weight is 219 g/mol. The summed E-state index contributed by atoms with van der Waals surface area (Å²) in [5, 5.41) is 8.98. The smallest absolute Gasteiger partial charge is 0.485 e. The van der Waals surface area contributed by atoms with Gasteiger partial charge in [-0.05, 0) is 38.1 Å². The quantitative estimate of drug-likeness (QED) is 0.772. The molecule has 0 spiro atoms. The van der Waals surface area contributed by atoms with E-state index in [2.05, 4.69) is 0 Å². The molecule has 1 rings (SSSR count). The standard InChI is InChI=1S/C10H12F3NO/c1-7(2)14(10(11,12)13)8-3-5-9(15)6-4-8/h3-7,15H,1-2H3. The van der Waals surface area contributed by atoms with Gasteiger partial charge < -0.3 is 5.11 Å². The van der Waals surface area contributed by atoms with E-state index in [9.17, 15) is 13.2 Å². The van der Waals surface area contributed by atoms with Crippen molar-refractivity contribution in [1.29, 1.82) is 0 Å². The number of nitrogens with zero attached hydrogens (tertiary/aromatic N) is 1. The number of benzene rings is 1. The van der Waals surface area contributed by atoms with Gasteiger partial charge in [-0.15, -0.1) is 0 Å². The summed E-state index contributed by atoms with van der Waals surface area (Å²) in [7, 11) is 0. The Hall–Kier alpha value is -1.39. The van der Waals surface area contributed by atoms with Gasteiger partial charge in [0.25, 0.3) is 0 Å². The van der Waals surface area contributed by atoms with E-state index in [0.717, 1.165) is 0 Å². The van der Waals surface area contributed by atoms with Gasteiger partial charge in [-0.25, -0.2) is 0 Å². The lowest BCUT2D eigenvalue weighted by Gasteiger charge is -2.30. The lowest BCUT2D eigenvalue weighted by molar-refractivity contribution is -0.133. The second kappa shape index (κ2) is 4.00. The topological polar surface area (TPSA) is 23.5 Å². The van der Waals surface area contributed by atoms with Crippen molar-refractivity contribution in [3.8, 4) is 5.75 Å². The molecule has 0 aromatic heterocycles. The first-order valence-electron chi connectivity index (χ1n) is 4.47. The zero-order chi connectivity index (χ0) is 11.6. The first kappa shape index (κ1) is 11.7. The number of phenols is 1. The van der Waals surface area contributed by atoms with E-state index < -0.39 is 12.3 Å². The Bertz CT molecular complexity index is 318. The van der Waals surface area contributed by atoms with E-state index in [4.69, 9.17) is 5.11 Å². The fourth-order valence-electron chi connectivity index (χ4n) is 1.35. The Balaban J connectivity index is 3.05. The molecule has 0 aliphatic carbocycles. The van der Waals surface area contributed by atoms with Crippen LogP contribution in [-0.4, -0.2) is 17.4 Å². The fraction of sp³-hybridized carbons (Fsp3) is 0.400. The van der Waals surface area contributed by atoms with Crippen molar-refractivity contribution in [2.24, 2.45) is 0 Å². The third-order valence-corrected chi connectivity index (χ3v) is 1.92. The minimum absolute atomic E-state index is 0.0234. The Morgan fingerprint density at radius 2 is 1.60 bits per heavy atom. The summed E-state index contributed by atoms with van der Waals surface area (Å²) >= 11 is 0. The van der Waals surface area contributed by atoms with Crippen molar-refractivity contribution >= 4 is 5.69 Å². The van der Waals surface area contributed by atoms with Gasteiger partial charge in [0.2, 0.25) is 0 Å². The molecule has 0 aliphatic rings. The lowest BCUT2D eigenvalue weighted by atomic mass is 10.2. The Labute approximate surface area is 85.9 Å². The molecule has 0 saturated heterocycles. The molecule has 0 amide bonds. The van der Waals surface area contributed by atoms with E-state index >= 15 is 0 Å². The molecule has 1 aromatic carbocycles. The van der Waals surface area contributed by atoms with E-state index in [1.807, 2.05) is 0 Å². The molecule has 0 unspecified atom stereocenters. The van der Waals surface area contributed by atoms with Gasteiger partial charge in [-0.3, -0.25) is 4.90 Å². The molecule has 1 aromatic rings.